The predicted octanol–water partition coefficient (Wildman–Crippen LogP) is 3.04. The molecule has 0 bridgehead atoms. The highest BCUT2D eigenvalue weighted by Crippen LogP contribution is 2.26. The van der Waals surface area contributed by atoms with Crippen molar-refractivity contribution < 1.29 is 14.2 Å². The smallest absolute Gasteiger partial charge is 0.165 e. The first-order valence-corrected chi connectivity index (χ1v) is 5.78. The van der Waals surface area contributed by atoms with Gasteiger partial charge in [-0.3, -0.25) is 0 Å². The Bertz CT molecular complexity index is 538. The van der Waals surface area contributed by atoms with Crippen molar-refractivity contribution in [3.05, 3.63) is 53.8 Å². The van der Waals surface area contributed by atoms with Crippen LogP contribution >= 0.6 is 0 Å². The second kappa shape index (κ2) is 5.65. The largest absolute Gasteiger partial charge is 0.494 e. The highest BCUT2D eigenvalue weighted by molar-refractivity contribution is 5.65. The van der Waals surface area contributed by atoms with Crippen LogP contribution in [0.15, 0.2) is 42.5 Å². The molecule has 0 aliphatic heterocycles. The second-order valence-electron chi connectivity index (χ2n) is 4.02. The Morgan fingerprint density at radius 3 is 2.56 bits per heavy atom. The molecule has 0 fully saturated rings. The molecular weight excluding hydrogens is 231 g/mol. The molecule has 0 spiro atoms. The van der Waals surface area contributed by atoms with Crippen molar-refractivity contribution >= 4 is 0 Å². The molecule has 2 nitrogen and oxygen atoms in total. The van der Waals surface area contributed by atoms with Gasteiger partial charge in [0.05, 0.1) is 7.11 Å². The molecule has 0 radical (unpaired) electrons. The van der Waals surface area contributed by atoms with E-state index in [1.54, 1.807) is 6.07 Å². The number of hydrogen-bond acceptors (Lipinski definition) is 2. The van der Waals surface area contributed by atoms with E-state index in [0.29, 0.717) is 6.42 Å². The van der Waals surface area contributed by atoms with E-state index in [2.05, 4.69) is 0 Å². The van der Waals surface area contributed by atoms with Gasteiger partial charge in [0.25, 0.3) is 0 Å². The Hall–Kier alpha value is -1.87. The molecule has 3 heteroatoms. The SMILES string of the molecule is COc1ccc(-c2cccc(CCO)c2)cc1F. The van der Waals surface area contributed by atoms with Gasteiger partial charge in [-0.15, -0.1) is 0 Å². The van der Waals surface area contributed by atoms with Crippen LogP contribution in [-0.4, -0.2) is 18.8 Å². The maximum atomic E-state index is 13.6. The first-order valence-electron chi connectivity index (χ1n) is 5.78. The Kier molecular flexibility index (Phi) is 3.95. The minimum absolute atomic E-state index is 0.112. The van der Waals surface area contributed by atoms with Crippen molar-refractivity contribution in [1.82, 2.24) is 0 Å². The van der Waals surface area contributed by atoms with Crippen molar-refractivity contribution in [2.45, 2.75) is 6.42 Å². The fourth-order valence-corrected chi connectivity index (χ4v) is 1.88. The molecule has 0 heterocycles. The molecule has 18 heavy (non-hydrogen) atoms. The Balaban J connectivity index is 2.36. The third kappa shape index (κ3) is 2.68. The van der Waals surface area contributed by atoms with Crippen LogP contribution in [0.2, 0.25) is 0 Å². The summed E-state index contributed by atoms with van der Waals surface area (Å²) in [5.74, 6) is -0.132. The topological polar surface area (TPSA) is 29.5 Å². The minimum atomic E-state index is -0.373. The number of hydrogen-bond donors (Lipinski definition) is 1. The molecule has 2 rings (SSSR count). The van der Waals surface area contributed by atoms with Gasteiger partial charge in [-0.25, -0.2) is 4.39 Å². The van der Waals surface area contributed by atoms with Crippen LogP contribution in [0.5, 0.6) is 5.75 Å². The van der Waals surface area contributed by atoms with Gasteiger partial charge in [-0.2, -0.15) is 0 Å². The average molecular weight is 246 g/mol. The van der Waals surface area contributed by atoms with Gasteiger partial charge < -0.3 is 9.84 Å². The number of benzene rings is 2. The lowest BCUT2D eigenvalue weighted by atomic mass is 10.0. The predicted molar refractivity (Wildman–Crippen MR) is 69.2 cm³/mol. The minimum Gasteiger partial charge on any atom is -0.494 e. The molecule has 0 aromatic heterocycles. The molecule has 0 saturated heterocycles. The molecule has 2 aromatic rings. The number of methoxy groups -OCH3 is 1. The molecule has 1 N–H and O–H groups in total. The summed E-state index contributed by atoms with van der Waals surface area (Å²) in [6.45, 7) is 0.112. The first kappa shape index (κ1) is 12.6. The summed E-state index contributed by atoms with van der Waals surface area (Å²) in [5.41, 5.74) is 2.77. The van der Waals surface area contributed by atoms with E-state index in [-0.39, 0.29) is 18.2 Å². The fourth-order valence-electron chi connectivity index (χ4n) is 1.88. The summed E-state index contributed by atoms with van der Waals surface area (Å²) in [7, 11) is 1.44. The number of aliphatic hydroxyl groups is 1. The zero-order chi connectivity index (χ0) is 13.0. The number of ether oxygens (including phenoxy) is 1. The fraction of sp³-hybridized carbons (Fsp3) is 0.200. The van der Waals surface area contributed by atoms with E-state index >= 15 is 0 Å². The lowest BCUT2D eigenvalue weighted by molar-refractivity contribution is 0.299. The standard InChI is InChI=1S/C15H15FO2/c1-18-15-6-5-13(10-14(15)16)12-4-2-3-11(9-12)7-8-17/h2-6,9-10,17H,7-8H2,1H3. The first-order chi connectivity index (χ1) is 8.74. The summed E-state index contributed by atoms with van der Waals surface area (Å²) in [6.07, 6.45) is 0.604. The number of halogens is 1. The van der Waals surface area contributed by atoms with Crippen LogP contribution in [0, 0.1) is 5.82 Å². The molecule has 94 valence electrons. The molecular formula is C15H15FO2. The maximum absolute atomic E-state index is 13.6. The molecule has 0 saturated carbocycles. The monoisotopic (exact) mass is 246 g/mol. The lowest BCUT2D eigenvalue weighted by Crippen LogP contribution is -1.92. The van der Waals surface area contributed by atoms with E-state index < -0.39 is 0 Å². The molecule has 2 aromatic carbocycles. The molecule has 0 aliphatic carbocycles. The van der Waals surface area contributed by atoms with E-state index in [1.165, 1.54) is 13.2 Å². The third-order valence-electron chi connectivity index (χ3n) is 2.81. The highest BCUT2D eigenvalue weighted by Gasteiger charge is 2.05. The van der Waals surface area contributed by atoms with Crippen molar-refractivity contribution in [2.75, 3.05) is 13.7 Å². The Morgan fingerprint density at radius 1 is 1.11 bits per heavy atom. The zero-order valence-electron chi connectivity index (χ0n) is 10.2. The Morgan fingerprint density at radius 2 is 1.89 bits per heavy atom. The average Bonchev–Trinajstić information content (AvgIpc) is 2.39. The quantitative estimate of drug-likeness (QED) is 0.898. The van der Waals surface area contributed by atoms with Crippen LogP contribution < -0.4 is 4.74 Å². The summed E-state index contributed by atoms with van der Waals surface area (Å²) in [4.78, 5) is 0. The van der Waals surface area contributed by atoms with Gasteiger partial charge in [0.15, 0.2) is 11.6 Å². The van der Waals surface area contributed by atoms with Gasteiger partial charge >= 0.3 is 0 Å². The third-order valence-corrected chi connectivity index (χ3v) is 2.81. The van der Waals surface area contributed by atoms with Gasteiger partial charge in [0.2, 0.25) is 0 Å². The molecule has 0 aliphatic rings. The van der Waals surface area contributed by atoms with Crippen molar-refractivity contribution in [3.8, 4) is 16.9 Å². The summed E-state index contributed by atoms with van der Waals surface area (Å²) in [5, 5.41) is 8.92. The zero-order valence-corrected chi connectivity index (χ0v) is 10.2. The van der Waals surface area contributed by atoms with Crippen molar-refractivity contribution in [2.24, 2.45) is 0 Å². The van der Waals surface area contributed by atoms with Gasteiger partial charge in [-0.1, -0.05) is 30.3 Å². The van der Waals surface area contributed by atoms with Gasteiger partial charge in [0, 0.05) is 6.61 Å². The molecule has 0 unspecified atom stereocenters. The summed E-state index contributed by atoms with van der Waals surface area (Å²) >= 11 is 0. The molecule has 0 atom stereocenters. The van der Waals surface area contributed by atoms with Crippen molar-refractivity contribution in [1.29, 1.82) is 0 Å². The number of rotatable bonds is 4. The normalized spacial score (nSPS) is 10.4. The molecule has 0 amide bonds. The van der Waals surface area contributed by atoms with E-state index in [1.807, 2.05) is 30.3 Å². The van der Waals surface area contributed by atoms with E-state index in [0.717, 1.165) is 16.7 Å². The highest BCUT2D eigenvalue weighted by atomic mass is 19.1. The van der Waals surface area contributed by atoms with Crippen LogP contribution in [0.1, 0.15) is 5.56 Å². The lowest BCUT2D eigenvalue weighted by Gasteiger charge is -2.07. The van der Waals surface area contributed by atoms with Crippen LogP contribution in [0.4, 0.5) is 4.39 Å². The van der Waals surface area contributed by atoms with Gasteiger partial charge in [-0.05, 0) is 35.2 Å². The van der Waals surface area contributed by atoms with Crippen LogP contribution in [-0.2, 0) is 6.42 Å². The Labute approximate surface area is 106 Å². The second-order valence-corrected chi connectivity index (χ2v) is 4.02. The van der Waals surface area contributed by atoms with Crippen LogP contribution in [0.3, 0.4) is 0 Å². The summed E-state index contributed by atoms with van der Waals surface area (Å²) < 4.78 is 18.5. The van der Waals surface area contributed by atoms with Gasteiger partial charge in [0.1, 0.15) is 0 Å². The van der Waals surface area contributed by atoms with Crippen LogP contribution in [0.25, 0.3) is 11.1 Å². The van der Waals surface area contributed by atoms with E-state index in [9.17, 15) is 4.39 Å². The number of aliphatic hydroxyl groups excluding tert-OH is 1. The maximum Gasteiger partial charge on any atom is 0.165 e. The summed E-state index contributed by atoms with van der Waals surface area (Å²) in [6, 6.07) is 12.6. The van der Waals surface area contributed by atoms with Crippen molar-refractivity contribution in [3.63, 3.8) is 0 Å². The van der Waals surface area contributed by atoms with E-state index in [4.69, 9.17) is 9.84 Å².